The highest BCUT2D eigenvalue weighted by Crippen LogP contribution is 2.31. The summed E-state index contributed by atoms with van der Waals surface area (Å²) in [5, 5.41) is 28.0. The Kier molecular flexibility index (Phi) is 4.00. The highest BCUT2D eigenvalue weighted by Gasteiger charge is 2.35. The van der Waals surface area contributed by atoms with Crippen LogP contribution >= 0.6 is 12.2 Å². The van der Waals surface area contributed by atoms with Crippen LogP contribution in [0, 0.1) is 5.41 Å². The lowest BCUT2D eigenvalue weighted by atomic mass is 9.74. The number of thiocarbonyl (C=S) groups is 1. The molecule has 1 aliphatic rings. The van der Waals surface area contributed by atoms with Crippen LogP contribution in [0.1, 0.15) is 26.7 Å². The Balaban J connectivity index is 3.08. The second-order valence-electron chi connectivity index (χ2n) is 4.55. The second-order valence-corrected chi connectivity index (χ2v) is 4.99. The van der Waals surface area contributed by atoms with Gasteiger partial charge in [-0.1, -0.05) is 24.2 Å². The van der Waals surface area contributed by atoms with Crippen LogP contribution in [0.5, 0.6) is 0 Å². The van der Waals surface area contributed by atoms with Crippen LogP contribution in [0.2, 0.25) is 0 Å². The van der Waals surface area contributed by atoms with E-state index >= 15 is 0 Å². The summed E-state index contributed by atoms with van der Waals surface area (Å²) < 4.78 is 0. The van der Waals surface area contributed by atoms with Gasteiger partial charge in [-0.3, -0.25) is 5.43 Å². The summed E-state index contributed by atoms with van der Waals surface area (Å²) >= 11 is 4.63. The number of nitrogens with zero attached hydrogens (tertiary/aromatic N) is 3. The second kappa shape index (κ2) is 5.09. The Bertz CT molecular complexity index is 414. The van der Waals surface area contributed by atoms with E-state index in [1.807, 2.05) is 13.8 Å². The first-order chi connectivity index (χ1) is 7.89. The van der Waals surface area contributed by atoms with Gasteiger partial charge in [0.05, 0.1) is 5.71 Å². The van der Waals surface area contributed by atoms with Crippen LogP contribution in [0.4, 0.5) is 0 Å². The van der Waals surface area contributed by atoms with Crippen LogP contribution in [-0.4, -0.2) is 32.7 Å². The van der Waals surface area contributed by atoms with Gasteiger partial charge < -0.3 is 16.1 Å². The van der Waals surface area contributed by atoms with Gasteiger partial charge in [0.1, 0.15) is 5.71 Å². The summed E-state index contributed by atoms with van der Waals surface area (Å²) in [6, 6.07) is 0. The largest absolute Gasteiger partial charge is 0.411 e. The zero-order valence-corrected chi connectivity index (χ0v) is 10.5. The lowest BCUT2D eigenvalue weighted by Crippen LogP contribution is -2.40. The summed E-state index contributed by atoms with van der Waals surface area (Å²) in [6.45, 7) is 3.98. The van der Waals surface area contributed by atoms with Crippen molar-refractivity contribution in [1.82, 2.24) is 5.43 Å². The Morgan fingerprint density at radius 3 is 2.35 bits per heavy atom. The van der Waals surface area contributed by atoms with Gasteiger partial charge in [0.25, 0.3) is 0 Å². The standard InChI is InChI=1S/C9H15N5O2S/c1-9(2)3-5(11-12-8(10)17)7(14-16)6(4-9)13-15/h15-16H,3-4H2,1-2H3,(H3,10,12,17)/b11-5?,13-6+,14-7+. The molecule has 0 radical (unpaired) electrons. The number of nitrogens with two attached hydrogens (primary N) is 1. The van der Waals surface area contributed by atoms with Gasteiger partial charge in [-0.05, 0) is 24.1 Å². The van der Waals surface area contributed by atoms with Crippen LogP contribution in [0.15, 0.2) is 15.4 Å². The molecule has 1 fully saturated rings. The van der Waals surface area contributed by atoms with E-state index in [1.54, 1.807) is 0 Å². The number of oxime groups is 2. The average Bonchev–Trinajstić information content (AvgIpc) is 2.24. The number of hydrogen-bond donors (Lipinski definition) is 4. The quantitative estimate of drug-likeness (QED) is 0.313. The van der Waals surface area contributed by atoms with E-state index in [1.165, 1.54) is 0 Å². The van der Waals surface area contributed by atoms with Gasteiger partial charge in [-0.15, -0.1) is 0 Å². The Labute approximate surface area is 104 Å². The van der Waals surface area contributed by atoms with Gasteiger partial charge >= 0.3 is 0 Å². The van der Waals surface area contributed by atoms with Gasteiger partial charge in [0.2, 0.25) is 0 Å². The fourth-order valence-corrected chi connectivity index (χ4v) is 1.76. The molecule has 1 aliphatic carbocycles. The first-order valence-corrected chi connectivity index (χ1v) is 5.36. The highest BCUT2D eigenvalue weighted by atomic mass is 32.1. The van der Waals surface area contributed by atoms with Crippen LogP contribution in [0.25, 0.3) is 0 Å². The molecule has 1 rings (SSSR count). The molecule has 0 spiro atoms. The van der Waals surface area contributed by atoms with E-state index < -0.39 is 0 Å². The van der Waals surface area contributed by atoms with Crippen molar-refractivity contribution in [1.29, 1.82) is 0 Å². The predicted octanol–water partition coefficient (Wildman–Crippen LogP) is 0.656. The van der Waals surface area contributed by atoms with Crippen LogP contribution in [-0.2, 0) is 0 Å². The number of rotatable bonds is 1. The van der Waals surface area contributed by atoms with Crippen molar-refractivity contribution >= 4 is 34.5 Å². The molecule has 0 aromatic carbocycles. The molecule has 7 nitrogen and oxygen atoms in total. The third-order valence-electron chi connectivity index (χ3n) is 2.36. The molecule has 0 aliphatic heterocycles. The third kappa shape index (κ3) is 3.38. The monoisotopic (exact) mass is 257 g/mol. The topological polar surface area (TPSA) is 116 Å². The van der Waals surface area contributed by atoms with E-state index in [4.69, 9.17) is 16.1 Å². The minimum Gasteiger partial charge on any atom is -0.411 e. The molecule has 0 atom stereocenters. The summed E-state index contributed by atoms with van der Waals surface area (Å²) in [6.07, 6.45) is 1.05. The minimum absolute atomic E-state index is 0.0145. The number of hydrogen-bond acceptors (Lipinski definition) is 6. The molecule has 8 heteroatoms. The number of hydrazone groups is 1. The molecule has 0 aromatic heterocycles. The zero-order chi connectivity index (χ0) is 13.1. The summed E-state index contributed by atoms with van der Waals surface area (Å²) in [7, 11) is 0. The molecular formula is C9H15N5O2S. The van der Waals surface area contributed by atoms with Crippen molar-refractivity contribution in [3.63, 3.8) is 0 Å². The molecule has 0 unspecified atom stereocenters. The Morgan fingerprint density at radius 2 is 1.88 bits per heavy atom. The van der Waals surface area contributed by atoms with Gasteiger partial charge in [0.15, 0.2) is 10.8 Å². The van der Waals surface area contributed by atoms with Crippen molar-refractivity contribution < 1.29 is 10.4 Å². The zero-order valence-electron chi connectivity index (χ0n) is 9.64. The normalized spacial score (nSPS) is 26.4. The molecule has 17 heavy (non-hydrogen) atoms. The molecule has 0 aromatic rings. The van der Waals surface area contributed by atoms with E-state index in [9.17, 15) is 0 Å². The third-order valence-corrected chi connectivity index (χ3v) is 2.45. The molecular weight excluding hydrogens is 242 g/mol. The fourth-order valence-electron chi connectivity index (χ4n) is 1.72. The van der Waals surface area contributed by atoms with Crippen molar-refractivity contribution in [2.75, 3.05) is 0 Å². The molecule has 5 N–H and O–H groups in total. The van der Waals surface area contributed by atoms with E-state index in [0.717, 1.165) is 0 Å². The van der Waals surface area contributed by atoms with Crippen molar-refractivity contribution in [2.24, 2.45) is 26.6 Å². The average molecular weight is 257 g/mol. The van der Waals surface area contributed by atoms with Crippen LogP contribution in [0.3, 0.4) is 0 Å². The van der Waals surface area contributed by atoms with Crippen molar-refractivity contribution in [2.45, 2.75) is 26.7 Å². The molecule has 1 saturated carbocycles. The summed E-state index contributed by atoms with van der Waals surface area (Å²) in [4.78, 5) is 0. The van der Waals surface area contributed by atoms with Gasteiger partial charge in [-0.25, -0.2) is 0 Å². The molecule has 0 saturated heterocycles. The maximum atomic E-state index is 8.92. The lowest BCUT2D eigenvalue weighted by Gasteiger charge is -2.30. The van der Waals surface area contributed by atoms with Crippen LogP contribution < -0.4 is 11.2 Å². The Morgan fingerprint density at radius 1 is 1.29 bits per heavy atom. The summed E-state index contributed by atoms with van der Waals surface area (Å²) in [5.41, 5.74) is 8.43. The fraction of sp³-hybridized carbons (Fsp3) is 0.556. The lowest BCUT2D eigenvalue weighted by molar-refractivity contribution is 0.306. The minimum atomic E-state index is -0.146. The maximum Gasteiger partial charge on any atom is 0.184 e. The van der Waals surface area contributed by atoms with Crippen molar-refractivity contribution in [3.8, 4) is 0 Å². The van der Waals surface area contributed by atoms with E-state index in [-0.39, 0.29) is 22.0 Å². The van der Waals surface area contributed by atoms with Gasteiger partial charge in [0, 0.05) is 6.42 Å². The first kappa shape index (κ1) is 13.4. The molecule has 0 amide bonds. The van der Waals surface area contributed by atoms with E-state index in [0.29, 0.717) is 18.6 Å². The van der Waals surface area contributed by atoms with Crippen molar-refractivity contribution in [3.05, 3.63) is 0 Å². The summed E-state index contributed by atoms with van der Waals surface area (Å²) in [5.74, 6) is 0. The highest BCUT2D eigenvalue weighted by molar-refractivity contribution is 7.80. The molecule has 94 valence electrons. The smallest absolute Gasteiger partial charge is 0.184 e. The Hall–Kier alpha value is -1.70. The first-order valence-electron chi connectivity index (χ1n) is 4.95. The maximum absolute atomic E-state index is 8.92. The molecule has 0 heterocycles. The van der Waals surface area contributed by atoms with E-state index in [2.05, 4.69) is 33.1 Å². The van der Waals surface area contributed by atoms with Gasteiger partial charge in [-0.2, -0.15) is 5.10 Å². The number of nitrogens with one attached hydrogen (secondary N) is 1. The SMILES string of the molecule is CC1(C)CC(=NNC(N)=S)C(=N\O)/C(=N/O)C1. The molecule has 0 bridgehead atoms. The predicted molar refractivity (Wildman–Crippen MR) is 68.8 cm³/mol.